The van der Waals surface area contributed by atoms with E-state index < -0.39 is 47.2 Å². The van der Waals surface area contributed by atoms with E-state index >= 15 is 0 Å². The molecule has 3 nitrogen and oxygen atoms in total. The number of phenolic OH excluding ortho intramolecular Hbond substituents is 1. The van der Waals surface area contributed by atoms with Crippen LogP contribution in [-0.2, 0) is 11.2 Å². The summed E-state index contributed by atoms with van der Waals surface area (Å²) in [5.41, 5.74) is 1.59. The van der Waals surface area contributed by atoms with Crippen LogP contribution in [0.1, 0.15) is 5.56 Å². The lowest BCUT2D eigenvalue weighted by molar-refractivity contribution is -0.134. The number of carbonyl (C=O) groups excluding carboxylic acids is 1. The van der Waals surface area contributed by atoms with Crippen molar-refractivity contribution in [2.24, 2.45) is 0 Å². The van der Waals surface area contributed by atoms with Gasteiger partial charge in [0.25, 0.3) is 0 Å². The van der Waals surface area contributed by atoms with Gasteiger partial charge < -0.3 is 9.84 Å². The number of aromatic hydroxyl groups is 1. The van der Waals surface area contributed by atoms with Gasteiger partial charge in [0.15, 0.2) is 0 Å². The average Bonchev–Trinajstić information content (AvgIpc) is 2.70. The first-order chi connectivity index (χ1) is 13.7. The van der Waals surface area contributed by atoms with Crippen molar-refractivity contribution in [1.29, 1.82) is 0 Å². The normalized spacial score (nSPS) is 10.8. The van der Waals surface area contributed by atoms with E-state index in [1.54, 1.807) is 18.2 Å². The van der Waals surface area contributed by atoms with Crippen molar-refractivity contribution in [3.63, 3.8) is 0 Å². The molecule has 0 saturated heterocycles. The number of esters is 1. The van der Waals surface area contributed by atoms with E-state index in [1.165, 1.54) is 24.3 Å². The number of carbonyl (C=O) groups is 1. The summed E-state index contributed by atoms with van der Waals surface area (Å²) in [5.74, 6) is -14.2. The molecular formula is C20H10ClF5O3. The number of halogens is 6. The summed E-state index contributed by atoms with van der Waals surface area (Å²) in [6.07, 6.45) is -0.575. The van der Waals surface area contributed by atoms with E-state index in [0.717, 1.165) is 5.56 Å². The first-order valence-electron chi connectivity index (χ1n) is 7.99. The third kappa shape index (κ3) is 4.17. The molecular weight excluding hydrogens is 419 g/mol. The molecule has 0 aliphatic rings. The highest BCUT2D eigenvalue weighted by Crippen LogP contribution is 2.30. The fraction of sp³-hybridized carbons (Fsp3) is 0.0500. The van der Waals surface area contributed by atoms with Crippen LogP contribution in [0, 0.1) is 29.1 Å². The fourth-order valence-electron chi connectivity index (χ4n) is 2.50. The van der Waals surface area contributed by atoms with Gasteiger partial charge in [-0.2, -0.15) is 8.78 Å². The Labute approximate surface area is 165 Å². The molecule has 0 aromatic heterocycles. The standard InChI is InChI=1S/C20H10ClF5O3/c21-13-7-10(9-3-5-12(27)6-4-9)1-2-11(13)8-14(28)29-20-18(25)16(23)15(22)17(24)19(20)26/h1-7,27H,8H2. The number of ether oxygens (including phenoxy) is 1. The van der Waals surface area contributed by atoms with Crippen LogP contribution in [0.2, 0.25) is 5.02 Å². The molecule has 0 heterocycles. The predicted molar refractivity (Wildman–Crippen MR) is 94.1 cm³/mol. The monoisotopic (exact) mass is 428 g/mol. The Morgan fingerprint density at radius 1 is 0.828 bits per heavy atom. The molecule has 0 bridgehead atoms. The number of hydrogen-bond acceptors (Lipinski definition) is 3. The van der Waals surface area contributed by atoms with Crippen LogP contribution < -0.4 is 4.74 Å². The van der Waals surface area contributed by atoms with Crippen LogP contribution in [0.15, 0.2) is 42.5 Å². The molecule has 1 N–H and O–H groups in total. The minimum atomic E-state index is -2.35. The number of rotatable bonds is 4. The quantitative estimate of drug-likeness (QED) is 0.195. The SMILES string of the molecule is O=C(Cc1ccc(-c2ccc(O)cc2)cc1Cl)Oc1c(F)c(F)c(F)c(F)c1F. The van der Waals surface area contributed by atoms with Gasteiger partial charge in [-0.3, -0.25) is 4.79 Å². The molecule has 150 valence electrons. The number of hydrogen-bond donors (Lipinski definition) is 1. The van der Waals surface area contributed by atoms with Crippen molar-refractivity contribution < 1.29 is 36.6 Å². The molecule has 0 unspecified atom stereocenters. The summed E-state index contributed by atoms with van der Waals surface area (Å²) < 4.78 is 71.0. The third-order valence-electron chi connectivity index (χ3n) is 3.97. The third-order valence-corrected chi connectivity index (χ3v) is 4.33. The van der Waals surface area contributed by atoms with Gasteiger partial charge in [-0.1, -0.05) is 35.9 Å². The minimum Gasteiger partial charge on any atom is -0.508 e. The van der Waals surface area contributed by atoms with Crippen molar-refractivity contribution in [2.45, 2.75) is 6.42 Å². The minimum absolute atomic E-state index is 0.0762. The highest BCUT2D eigenvalue weighted by atomic mass is 35.5. The summed E-state index contributed by atoms with van der Waals surface area (Å²) in [6.45, 7) is 0. The van der Waals surface area contributed by atoms with Gasteiger partial charge in [-0.05, 0) is 34.9 Å². The van der Waals surface area contributed by atoms with Crippen molar-refractivity contribution in [3.8, 4) is 22.6 Å². The molecule has 29 heavy (non-hydrogen) atoms. The van der Waals surface area contributed by atoms with Crippen LogP contribution in [0.3, 0.4) is 0 Å². The first-order valence-corrected chi connectivity index (χ1v) is 8.36. The van der Waals surface area contributed by atoms with Crippen LogP contribution >= 0.6 is 11.6 Å². The van der Waals surface area contributed by atoms with Gasteiger partial charge in [0.2, 0.25) is 34.8 Å². The second-order valence-electron chi connectivity index (χ2n) is 5.90. The largest absolute Gasteiger partial charge is 0.508 e. The molecule has 3 aromatic rings. The van der Waals surface area contributed by atoms with Crippen molar-refractivity contribution in [1.82, 2.24) is 0 Å². The fourth-order valence-corrected chi connectivity index (χ4v) is 2.75. The van der Waals surface area contributed by atoms with E-state index in [1.807, 2.05) is 0 Å². The van der Waals surface area contributed by atoms with E-state index in [-0.39, 0.29) is 16.3 Å². The smallest absolute Gasteiger partial charge is 0.315 e. The zero-order chi connectivity index (χ0) is 21.3. The van der Waals surface area contributed by atoms with Crippen LogP contribution in [0.5, 0.6) is 11.5 Å². The second-order valence-corrected chi connectivity index (χ2v) is 6.31. The Balaban J connectivity index is 1.81. The highest BCUT2D eigenvalue weighted by Gasteiger charge is 2.28. The second kappa shape index (κ2) is 8.08. The molecule has 0 atom stereocenters. The summed E-state index contributed by atoms with van der Waals surface area (Å²) in [6, 6.07) is 10.8. The first kappa shape index (κ1) is 20.6. The summed E-state index contributed by atoms with van der Waals surface area (Å²) in [4.78, 5) is 12.0. The Bertz CT molecular complexity index is 1070. The summed E-state index contributed by atoms with van der Waals surface area (Å²) >= 11 is 6.12. The Kier molecular flexibility index (Phi) is 5.74. The molecule has 0 aliphatic carbocycles. The summed E-state index contributed by atoms with van der Waals surface area (Å²) in [7, 11) is 0. The Hall–Kier alpha value is -3.13. The molecule has 0 saturated carbocycles. The van der Waals surface area contributed by atoms with Gasteiger partial charge in [0.1, 0.15) is 5.75 Å². The topological polar surface area (TPSA) is 46.5 Å². The Morgan fingerprint density at radius 2 is 1.34 bits per heavy atom. The molecule has 0 spiro atoms. The molecule has 0 fully saturated rings. The van der Waals surface area contributed by atoms with Gasteiger partial charge >= 0.3 is 5.97 Å². The lowest BCUT2D eigenvalue weighted by Crippen LogP contribution is -2.15. The molecule has 9 heteroatoms. The highest BCUT2D eigenvalue weighted by molar-refractivity contribution is 6.31. The molecule has 0 radical (unpaired) electrons. The number of benzene rings is 3. The van der Waals surface area contributed by atoms with E-state index in [9.17, 15) is 31.9 Å². The van der Waals surface area contributed by atoms with Gasteiger partial charge in [-0.15, -0.1) is 0 Å². The van der Waals surface area contributed by atoms with Crippen LogP contribution in [0.25, 0.3) is 11.1 Å². The van der Waals surface area contributed by atoms with E-state index in [4.69, 9.17) is 11.6 Å². The van der Waals surface area contributed by atoms with Gasteiger partial charge in [-0.25, -0.2) is 13.2 Å². The average molecular weight is 429 g/mol. The maximum absolute atomic E-state index is 13.6. The summed E-state index contributed by atoms with van der Waals surface area (Å²) in [5, 5.41) is 9.43. The van der Waals surface area contributed by atoms with Crippen molar-refractivity contribution in [3.05, 3.63) is 82.1 Å². The molecule has 3 aromatic carbocycles. The van der Waals surface area contributed by atoms with E-state index in [0.29, 0.717) is 5.56 Å². The molecule has 0 aliphatic heterocycles. The maximum atomic E-state index is 13.6. The van der Waals surface area contributed by atoms with Crippen LogP contribution in [-0.4, -0.2) is 11.1 Å². The number of phenols is 1. The molecule has 0 amide bonds. The maximum Gasteiger partial charge on any atom is 0.315 e. The molecule has 3 rings (SSSR count). The van der Waals surface area contributed by atoms with E-state index in [2.05, 4.69) is 4.74 Å². The zero-order valence-electron chi connectivity index (χ0n) is 14.3. The van der Waals surface area contributed by atoms with Gasteiger partial charge in [0, 0.05) is 5.02 Å². The predicted octanol–water partition coefficient (Wildman–Crippen LogP) is 5.56. The van der Waals surface area contributed by atoms with Gasteiger partial charge in [0.05, 0.1) is 6.42 Å². The van der Waals surface area contributed by atoms with Crippen molar-refractivity contribution >= 4 is 17.6 Å². The Morgan fingerprint density at radius 3 is 1.90 bits per heavy atom. The van der Waals surface area contributed by atoms with Crippen LogP contribution in [0.4, 0.5) is 22.0 Å². The lowest BCUT2D eigenvalue weighted by atomic mass is 10.0. The zero-order valence-corrected chi connectivity index (χ0v) is 15.0. The van der Waals surface area contributed by atoms with Crippen molar-refractivity contribution in [2.75, 3.05) is 0 Å². The lowest BCUT2D eigenvalue weighted by Gasteiger charge is -2.10.